The Morgan fingerprint density at radius 1 is 0.500 bits per heavy atom. The molecule has 0 saturated carbocycles. The molecule has 0 aliphatic carbocycles. The summed E-state index contributed by atoms with van der Waals surface area (Å²) in [5, 5.41) is 1.35. The number of fused-ring (bicyclic) bond motifs is 2. The Morgan fingerprint density at radius 3 is 1.54 bits per heavy atom. The minimum atomic E-state index is -0.763. The van der Waals surface area contributed by atoms with Crippen LogP contribution in [0.25, 0.3) is 21.5 Å². The van der Waals surface area contributed by atoms with Crippen LogP contribution in [0.3, 0.4) is 0 Å². The quantitative estimate of drug-likeness (QED) is 0.262. The summed E-state index contributed by atoms with van der Waals surface area (Å²) in [6.45, 7) is 0. The third kappa shape index (κ3) is 3.20. The molecule has 0 bridgehead atoms. The molecule has 0 radical (unpaired) electrons. The lowest BCUT2D eigenvalue weighted by Crippen LogP contribution is -1.97. The molecule has 0 saturated heterocycles. The number of anilines is 4. The minimum Gasteiger partial charge on any atom is -0.398 e. The highest BCUT2D eigenvalue weighted by atomic mass is 19.1. The van der Waals surface area contributed by atoms with E-state index in [1.807, 2.05) is 0 Å². The summed E-state index contributed by atoms with van der Waals surface area (Å²) in [5.41, 5.74) is 22.2. The first-order chi connectivity index (χ1) is 13.2. The van der Waals surface area contributed by atoms with E-state index in [4.69, 9.17) is 22.9 Å². The van der Waals surface area contributed by atoms with Crippen molar-refractivity contribution in [3.05, 3.63) is 71.8 Å². The molecule has 0 amide bonds. The van der Waals surface area contributed by atoms with E-state index in [0.717, 1.165) is 6.07 Å². The second kappa shape index (κ2) is 7.15. The Balaban J connectivity index is 0.000000161. The van der Waals surface area contributed by atoms with E-state index in [9.17, 15) is 17.6 Å². The SMILES string of the molecule is Nc1c(F)cc(F)c2c(N)cccc12.Nc1c(F)ccc2c(N)c(F)ccc12. The van der Waals surface area contributed by atoms with E-state index in [-0.39, 0.29) is 28.1 Å². The maximum absolute atomic E-state index is 13.3. The van der Waals surface area contributed by atoms with Gasteiger partial charge in [0.25, 0.3) is 0 Å². The monoisotopic (exact) mass is 388 g/mol. The van der Waals surface area contributed by atoms with Gasteiger partial charge in [0.05, 0.1) is 17.1 Å². The Kier molecular flexibility index (Phi) is 4.87. The second-order valence-electron chi connectivity index (χ2n) is 6.04. The van der Waals surface area contributed by atoms with Crippen molar-refractivity contribution in [3.63, 3.8) is 0 Å². The van der Waals surface area contributed by atoms with Crippen molar-refractivity contribution >= 4 is 44.3 Å². The van der Waals surface area contributed by atoms with Crippen LogP contribution in [0.2, 0.25) is 0 Å². The van der Waals surface area contributed by atoms with Gasteiger partial charge in [-0.3, -0.25) is 0 Å². The molecule has 0 aromatic heterocycles. The van der Waals surface area contributed by atoms with E-state index < -0.39 is 23.3 Å². The van der Waals surface area contributed by atoms with Gasteiger partial charge in [0.1, 0.15) is 23.3 Å². The van der Waals surface area contributed by atoms with Gasteiger partial charge in [0.2, 0.25) is 0 Å². The lowest BCUT2D eigenvalue weighted by molar-refractivity contribution is 0.595. The number of rotatable bonds is 0. The van der Waals surface area contributed by atoms with Gasteiger partial charge >= 0.3 is 0 Å². The molecule has 0 unspecified atom stereocenters. The molecule has 4 rings (SSSR count). The first-order valence-electron chi connectivity index (χ1n) is 8.05. The Labute approximate surface area is 157 Å². The predicted octanol–water partition coefficient (Wildman–Crippen LogP) is 4.56. The molecule has 0 atom stereocenters. The van der Waals surface area contributed by atoms with Crippen molar-refractivity contribution in [1.29, 1.82) is 0 Å². The fourth-order valence-corrected chi connectivity index (χ4v) is 2.85. The number of hydrogen-bond acceptors (Lipinski definition) is 4. The largest absolute Gasteiger partial charge is 0.398 e. The molecular formula is C20H16F4N4. The fourth-order valence-electron chi connectivity index (χ4n) is 2.85. The highest BCUT2D eigenvalue weighted by Crippen LogP contribution is 2.31. The minimum absolute atomic E-state index is 0.00537. The number of nitrogen functional groups attached to an aromatic ring is 4. The van der Waals surface area contributed by atoms with E-state index in [1.54, 1.807) is 12.1 Å². The first-order valence-corrected chi connectivity index (χ1v) is 8.05. The average Bonchev–Trinajstić information content (AvgIpc) is 2.66. The summed E-state index contributed by atoms with van der Waals surface area (Å²) in [7, 11) is 0. The molecule has 28 heavy (non-hydrogen) atoms. The van der Waals surface area contributed by atoms with Gasteiger partial charge in [-0.25, -0.2) is 17.6 Å². The zero-order chi connectivity index (χ0) is 20.6. The van der Waals surface area contributed by atoms with Crippen LogP contribution in [0.15, 0.2) is 48.5 Å². The predicted molar refractivity (Wildman–Crippen MR) is 105 cm³/mol. The van der Waals surface area contributed by atoms with Crippen LogP contribution in [0, 0.1) is 23.3 Å². The van der Waals surface area contributed by atoms with Crippen molar-refractivity contribution in [3.8, 4) is 0 Å². The number of benzene rings is 4. The molecule has 4 nitrogen and oxygen atoms in total. The fraction of sp³-hybridized carbons (Fsp3) is 0. The lowest BCUT2D eigenvalue weighted by Gasteiger charge is -2.06. The van der Waals surface area contributed by atoms with Crippen molar-refractivity contribution in [2.75, 3.05) is 22.9 Å². The first kappa shape index (κ1) is 19.1. The molecule has 0 heterocycles. The topological polar surface area (TPSA) is 104 Å². The number of halogens is 4. The maximum Gasteiger partial charge on any atom is 0.149 e. The molecule has 4 aromatic rings. The molecule has 0 spiro atoms. The van der Waals surface area contributed by atoms with Gasteiger partial charge in [0, 0.05) is 33.3 Å². The lowest BCUT2D eigenvalue weighted by atomic mass is 10.1. The van der Waals surface area contributed by atoms with Gasteiger partial charge in [-0.05, 0) is 30.3 Å². The Hall–Kier alpha value is -3.68. The number of hydrogen-bond donors (Lipinski definition) is 4. The molecular weight excluding hydrogens is 372 g/mol. The molecule has 8 heteroatoms. The summed E-state index contributed by atoms with van der Waals surface area (Å²) < 4.78 is 52.4. The Morgan fingerprint density at radius 2 is 1.00 bits per heavy atom. The third-order valence-corrected chi connectivity index (χ3v) is 4.31. The van der Waals surface area contributed by atoms with Crippen LogP contribution in [0.5, 0.6) is 0 Å². The van der Waals surface area contributed by atoms with Crippen LogP contribution >= 0.6 is 0 Å². The summed E-state index contributed by atoms with van der Waals surface area (Å²) >= 11 is 0. The summed E-state index contributed by atoms with van der Waals surface area (Å²) in [5.74, 6) is -2.50. The Bertz CT molecular complexity index is 1160. The van der Waals surface area contributed by atoms with Gasteiger partial charge in [-0.1, -0.05) is 12.1 Å². The van der Waals surface area contributed by atoms with Gasteiger partial charge in [-0.15, -0.1) is 0 Å². The van der Waals surface area contributed by atoms with Crippen LogP contribution < -0.4 is 22.9 Å². The van der Waals surface area contributed by atoms with Crippen molar-refractivity contribution < 1.29 is 17.6 Å². The van der Waals surface area contributed by atoms with Crippen LogP contribution in [0.1, 0.15) is 0 Å². The van der Waals surface area contributed by atoms with Crippen molar-refractivity contribution in [2.24, 2.45) is 0 Å². The molecule has 0 fully saturated rings. The van der Waals surface area contributed by atoms with Crippen molar-refractivity contribution in [2.45, 2.75) is 0 Å². The van der Waals surface area contributed by atoms with E-state index in [0.29, 0.717) is 16.2 Å². The maximum atomic E-state index is 13.3. The summed E-state index contributed by atoms with van der Waals surface area (Å²) in [4.78, 5) is 0. The normalized spacial score (nSPS) is 10.7. The van der Waals surface area contributed by atoms with Crippen LogP contribution in [0.4, 0.5) is 40.3 Å². The highest BCUT2D eigenvalue weighted by molar-refractivity contribution is 6.01. The summed E-state index contributed by atoms with van der Waals surface area (Å²) in [6, 6.07) is 10.6. The van der Waals surface area contributed by atoms with Crippen LogP contribution in [-0.2, 0) is 0 Å². The standard InChI is InChI=1S/2C10H8F2N2/c11-7-3-1-5-6(10(7)14)2-4-8(12)9(5)13;11-6-4-7(12)10(14)5-2-1-3-8(13)9(5)6/h2*1-4H,13-14H2. The van der Waals surface area contributed by atoms with Crippen molar-refractivity contribution in [1.82, 2.24) is 0 Å². The molecule has 0 aliphatic rings. The average molecular weight is 388 g/mol. The second-order valence-corrected chi connectivity index (χ2v) is 6.04. The van der Waals surface area contributed by atoms with E-state index in [1.165, 1.54) is 30.3 Å². The zero-order valence-electron chi connectivity index (χ0n) is 14.4. The van der Waals surface area contributed by atoms with Gasteiger partial charge in [0.15, 0.2) is 0 Å². The van der Waals surface area contributed by atoms with Gasteiger partial charge < -0.3 is 22.9 Å². The molecule has 144 valence electrons. The van der Waals surface area contributed by atoms with E-state index >= 15 is 0 Å². The smallest absolute Gasteiger partial charge is 0.149 e. The van der Waals surface area contributed by atoms with Gasteiger partial charge in [-0.2, -0.15) is 0 Å². The molecule has 0 aliphatic heterocycles. The number of nitrogens with two attached hydrogens (primary N) is 4. The summed E-state index contributed by atoms with van der Waals surface area (Å²) in [6.07, 6.45) is 0. The third-order valence-electron chi connectivity index (χ3n) is 4.31. The van der Waals surface area contributed by atoms with Crippen LogP contribution in [-0.4, -0.2) is 0 Å². The zero-order valence-corrected chi connectivity index (χ0v) is 14.4. The molecule has 8 N–H and O–H groups in total. The van der Waals surface area contributed by atoms with E-state index in [2.05, 4.69) is 0 Å². The highest BCUT2D eigenvalue weighted by Gasteiger charge is 2.11. The molecule has 4 aromatic carbocycles.